The molecule has 36 heavy (non-hydrogen) atoms. The Morgan fingerprint density at radius 3 is 1.58 bits per heavy atom. The van der Waals surface area contributed by atoms with Gasteiger partial charge in [0, 0.05) is 26.1 Å². The van der Waals surface area contributed by atoms with E-state index in [-0.39, 0.29) is 84.6 Å². The quantitative estimate of drug-likeness (QED) is 0.142. The van der Waals surface area contributed by atoms with Crippen molar-refractivity contribution in [1.29, 1.82) is 0 Å². The zero-order valence-corrected chi connectivity index (χ0v) is 24.0. The number of likely N-dealkylation sites (N-methyl/N-ethyl adjacent to an activating group) is 3. The lowest BCUT2D eigenvalue weighted by Crippen LogP contribution is -2.23. The highest BCUT2D eigenvalue weighted by molar-refractivity contribution is 7.85. The van der Waals surface area contributed by atoms with Gasteiger partial charge >= 0.3 is 18.3 Å². The highest BCUT2D eigenvalue weighted by atomic mass is 32.2. The molecule has 3 saturated heterocycles. The maximum Gasteiger partial charge on any atom is 0.410 e. The standard InChI is InChI=1S/C6H11NO5S.C5H8N4O2.C5H9NO3.3H2S/c1-7-3-5(12-6(7)8)4-11-13(2,9)10;1-9-3-4(2-7-8-6)11-5(9)10;1-6-2-4(3-7)9-5(6)8;;;/h5H,3-4H2,1-2H3;4H,2-3H2,1H3;4,7H,2-3H2,1H3;3*1H2/t5-;2*4-;;;/m010.../s1. The number of cyclic esters (lactones) is 3. The molecule has 0 radical (unpaired) electrons. The molecule has 3 aliphatic rings. The van der Waals surface area contributed by atoms with Crippen molar-refractivity contribution in [3.63, 3.8) is 0 Å². The molecule has 1 N–H and O–H groups in total. The number of rotatable bonds is 6. The number of azide groups is 1. The molecule has 0 aromatic rings. The summed E-state index contributed by atoms with van der Waals surface area (Å²) < 4.78 is 39.9. The van der Waals surface area contributed by atoms with Crippen molar-refractivity contribution in [1.82, 2.24) is 14.7 Å². The van der Waals surface area contributed by atoms with Crippen LogP contribution < -0.4 is 0 Å². The molecule has 3 amide bonds. The minimum Gasteiger partial charge on any atom is -0.444 e. The predicted molar refractivity (Wildman–Crippen MR) is 142 cm³/mol. The van der Waals surface area contributed by atoms with Gasteiger partial charge in [-0.2, -0.15) is 48.9 Å². The number of nitrogens with zero attached hydrogens (tertiary/aromatic N) is 6. The molecule has 3 heterocycles. The fraction of sp³-hybridized carbons (Fsp3) is 0.812. The van der Waals surface area contributed by atoms with Crippen LogP contribution in [0.4, 0.5) is 14.4 Å². The van der Waals surface area contributed by atoms with E-state index < -0.39 is 22.3 Å². The summed E-state index contributed by atoms with van der Waals surface area (Å²) >= 11 is 0. The highest BCUT2D eigenvalue weighted by Gasteiger charge is 2.29. The van der Waals surface area contributed by atoms with E-state index in [1.54, 1.807) is 21.1 Å². The molecule has 3 aliphatic heterocycles. The normalized spacial score (nSPS) is 22.1. The second-order valence-electron chi connectivity index (χ2n) is 7.24. The number of ether oxygens (including phenoxy) is 3. The molecule has 212 valence electrons. The van der Waals surface area contributed by atoms with E-state index in [4.69, 9.17) is 20.1 Å². The van der Waals surface area contributed by atoms with E-state index in [0.29, 0.717) is 19.6 Å². The fourth-order valence-corrected chi connectivity index (χ4v) is 2.95. The van der Waals surface area contributed by atoms with Crippen LogP contribution in [0.15, 0.2) is 5.11 Å². The van der Waals surface area contributed by atoms with E-state index in [0.717, 1.165) is 6.26 Å². The molecule has 3 rings (SSSR count). The summed E-state index contributed by atoms with van der Waals surface area (Å²) in [5, 5.41) is 11.8. The van der Waals surface area contributed by atoms with Crippen LogP contribution in [0, 0.1) is 0 Å². The number of carbonyl (C=O) groups is 3. The first kappa shape index (κ1) is 38.6. The van der Waals surface area contributed by atoms with Gasteiger partial charge in [-0.05, 0) is 5.53 Å². The van der Waals surface area contributed by atoms with E-state index in [2.05, 4.69) is 18.9 Å². The van der Waals surface area contributed by atoms with Crippen molar-refractivity contribution in [2.45, 2.75) is 18.3 Å². The average Bonchev–Trinajstić information content (AvgIpc) is 3.36. The summed E-state index contributed by atoms with van der Waals surface area (Å²) in [6.45, 7) is 1.36. The number of aliphatic hydroxyl groups is 1. The zero-order chi connectivity index (χ0) is 25.2. The van der Waals surface area contributed by atoms with Gasteiger partial charge in [0.25, 0.3) is 10.1 Å². The van der Waals surface area contributed by atoms with E-state index in [9.17, 15) is 22.8 Å². The van der Waals surface area contributed by atoms with Crippen molar-refractivity contribution < 1.29 is 46.3 Å². The first-order chi connectivity index (χ1) is 15.4. The molecule has 0 unspecified atom stereocenters. The summed E-state index contributed by atoms with van der Waals surface area (Å²) in [6.07, 6.45) is -1.30. The van der Waals surface area contributed by atoms with Crippen molar-refractivity contribution in [2.75, 3.05) is 66.8 Å². The Labute approximate surface area is 230 Å². The van der Waals surface area contributed by atoms with Crippen LogP contribution in [0.5, 0.6) is 0 Å². The number of aliphatic hydroxyl groups excluding tert-OH is 1. The van der Waals surface area contributed by atoms with Gasteiger partial charge in [0.15, 0.2) is 0 Å². The minimum absolute atomic E-state index is 0. The van der Waals surface area contributed by atoms with Crippen LogP contribution in [0.1, 0.15) is 0 Å². The lowest BCUT2D eigenvalue weighted by atomic mass is 10.4. The molecule has 0 spiro atoms. The van der Waals surface area contributed by atoms with Gasteiger partial charge in [-0.3, -0.25) is 4.18 Å². The lowest BCUT2D eigenvalue weighted by Gasteiger charge is -2.06. The molecule has 0 aromatic heterocycles. The Balaban J connectivity index is -0.000000442. The SMILES string of the molecule is CN1C[C@@H](CN=[N+]=[N-])OC1=O.CN1C[C@@H](CO)OC1=O.CN1C[C@@H](COS(C)(=O)=O)OC1=O.S.S.S. The van der Waals surface area contributed by atoms with Gasteiger partial charge < -0.3 is 34.0 Å². The Morgan fingerprint density at radius 1 is 0.917 bits per heavy atom. The van der Waals surface area contributed by atoms with Crippen LogP contribution in [0.25, 0.3) is 10.4 Å². The van der Waals surface area contributed by atoms with Gasteiger partial charge in [0.1, 0.15) is 24.9 Å². The molecule has 3 atom stereocenters. The van der Waals surface area contributed by atoms with Crippen LogP contribution in [0.2, 0.25) is 0 Å². The number of hydrogen-bond donors (Lipinski definition) is 1. The zero-order valence-electron chi connectivity index (χ0n) is 20.2. The molecule has 0 bridgehead atoms. The molecule has 0 aliphatic carbocycles. The summed E-state index contributed by atoms with van der Waals surface area (Å²) in [5.74, 6) is 0. The number of hydrogen-bond acceptors (Lipinski definition) is 11. The van der Waals surface area contributed by atoms with E-state index in [1.807, 2.05) is 0 Å². The van der Waals surface area contributed by atoms with Crippen molar-refractivity contribution in [3.8, 4) is 0 Å². The van der Waals surface area contributed by atoms with Crippen molar-refractivity contribution in [2.24, 2.45) is 5.11 Å². The Hall–Kier alpha value is -1.96. The minimum atomic E-state index is -3.46. The summed E-state index contributed by atoms with van der Waals surface area (Å²) in [7, 11) is 1.39. The maximum atomic E-state index is 10.8. The lowest BCUT2D eigenvalue weighted by molar-refractivity contribution is 0.0951. The molecule has 0 saturated carbocycles. The van der Waals surface area contributed by atoms with Crippen molar-refractivity contribution in [3.05, 3.63) is 10.4 Å². The Bertz CT molecular complexity index is 858. The van der Waals surface area contributed by atoms with Crippen LogP contribution in [0.3, 0.4) is 0 Å². The summed E-state index contributed by atoms with van der Waals surface area (Å²) in [5.41, 5.74) is 7.96. The first-order valence-electron chi connectivity index (χ1n) is 9.57. The second kappa shape index (κ2) is 18.3. The van der Waals surface area contributed by atoms with Crippen LogP contribution >= 0.6 is 40.5 Å². The molecule has 3 fully saturated rings. The second-order valence-corrected chi connectivity index (χ2v) is 8.89. The van der Waals surface area contributed by atoms with E-state index in [1.165, 1.54) is 14.7 Å². The predicted octanol–water partition coefficient (Wildman–Crippen LogP) is -0.0718. The third-order valence-corrected chi connectivity index (χ3v) is 4.75. The monoisotopic (exact) mass is 598 g/mol. The summed E-state index contributed by atoms with van der Waals surface area (Å²) in [6, 6.07) is 0. The molecule has 0 aromatic carbocycles. The number of amides is 3. The largest absolute Gasteiger partial charge is 0.444 e. The molecule has 16 nitrogen and oxygen atoms in total. The first-order valence-corrected chi connectivity index (χ1v) is 11.4. The van der Waals surface area contributed by atoms with Crippen LogP contribution in [-0.2, 0) is 28.5 Å². The third kappa shape index (κ3) is 14.6. The smallest absolute Gasteiger partial charge is 0.410 e. The van der Waals surface area contributed by atoms with Gasteiger partial charge in [-0.15, -0.1) is 0 Å². The van der Waals surface area contributed by atoms with Crippen LogP contribution in [-0.4, -0.2) is 132 Å². The molecular weight excluding hydrogens is 564 g/mol. The van der Waals surface area contributed by atoms with Crippen molar-refractivity contribution >= 4 is 68.9 Å². The van der Waals surface area contributed by atoms with Gasteiger partial charge in [-0.1, -0.05) is 5.11 Å². The van der Waals surface area contributed by atoms with Gasteiger partial charge in [-0.25, -0.2) is 14.4 Å². The Morgan fingerprint density at radius 2 is 1.31 bits per heavy atom. The Kier molecular flexibility index (Phi) is 19.6. The third-order valence-electron chi connectivity index (χ3n) is 4.19. The maximum absolute atomic E-state index is 10.8. The van der Waals surface area contributed by atoms with E-state index >= 15 is 0 Å². The van der Waals surface area contributed by atoms with Gasteiger partial charge in [0.2, 0.25) is 0 Å². The summed E-state index contributed by atoms with van der Waals surface area (Å²) in [4.78, 5) is 38.9. The fourth-order valence-electron chi connectivity index (χ4n) is 2.55. The topological polar surface area (TPSA) is 201 Å². The molecule has 20 heteroatoms. The number of carbonyl (C=O) groups excluding carboxylic acids is 3. The van der Waals surface area contributed by atoms with Gasteiger partial charge in [0.05, 0.1) is 39.0 Å². The average molecular weight is 599 g/mol. The molecular formula is C16H34N6O10S4. The highest BCUT2D eigenvalue weighted by Crippen LogP contribution is 2.10.